The Labute approximate surface area is 186 Å². The number of halogens is 1. The molecule has 0 fully saturated rings. The molecule has 32 heavy (non-hydrogen) atoms. The zero-order chi connectivity index (χ0) is 22.3. The van der Waals surface area contributed by atoms with Gasteiger partial charge in [0.25, 0.3) is 0 Å². The normalized spacial score (nSPS) is 13.1. The summed E-state index contributed by atoms with van der Waals surface area (Å²) in [5.41, 5.74) is 3.37. The molecule has 1 aliphatic heterocycles. The van der Waals surface area contributed by atoms with Gasteiger partial charge in [0.2, 0.25) is 5.91 Å². The fraction of sp³-hybridized carbons (Fsp3) is 0.333. The molecule has 0 saturated heterocycles. The number of nitrogens with zero attached hydrogens (tertiary/aromatic N) is 2. The number of rotatable bonds is 8. The van der Waals surface area contributed by atoms with E-state index in [9.17, 15) is 9.18 Å². The summed E-state index contributed by atoms with van der Waals surface area (Å²) in [6.07, 6.45) is 2.52. The molecule has 168 valence electrons. The van der Waals surface area contributed by atoms with Crippen LogP contribution in [-0.2, 0) is 11.2 Å². The van der Waals surface area contributed by atoms with Crippen LogP contribution in [0, 0.1) is 5.82 Å². The number of aromatic amines is 1. The van der Waals surface area contributed by atoms with Gasteiger partial charge in [-0.3, -0.25) is 14.8 Å². The van der Waals surface area contributed by atoms with Crippen molar-refractivity contribution in [2.75, 3.05) is 38.7 Å². The van der Waals surface area contributed by atoms with Crippen LogP contribution < -0.4 is 14.8 Å². The number of fused-ring (bicyclic) bond motifs is 1. The zero-order valence-corrected chi connectivity index (χ0v) is 18.1. The Morgan fingerprint density at radius 2 is 1.91 bits per heavy atom. The Morgan fingerprint density at radius 1 is 1.12 bits per heavy atom. The van der Waals surface area contributed by atoms with Crippen molar-refractivity contribution in [1.29, 1.82) is 0 Å². The monoisotopic (exact) mass is 438 g/mol. The molecule has 3 aromatic rings. The van der Waals surface area contributed by atoms with Gasteiger partial charge in [0.1, 0.15) is 5.82 Å². The van der Waals surface area contributed by atoms with Crippen molar-refractivity contribution in [2.24, 2.45) is 0 Å². The summed E-state index contributed by atoms with van der Waals surface area (Å²) in [7, 11) is 1.92. The van der Waals surface area contributed by atoms with Gasteiger partial charge in [-0.15, -0.1) is 0 Å². The average Bonchev–Trinajstić information content (AvgIpc) is 3.11. The first-order valence-electron chi connectivity index (χ1n) is 10.7. The van der Waals surface area contributed by atoms with Crippen LogP contribution in [0.5, 0.6) is 11.5 Å². The van der Waals surface area contributed by atoms with Crippen molar-refractivity contribution in [3.63, 3.8) is 0 Å². The number of carbonyl (C=O) groups excluding carboxylic acids is 1. The van der Waals surface area contributed by atoms with Gasteiger partial charge < -0.3 is 14.8 Å². The largest absolute Gasteiger partial charge is 0.490 e. The van der Waals surface area contributed by atoms with Gasteiger partial charge >= 0.3 is 0 Å². The molecule has 4 rings (SSSR count). The minimum Gasteiger partial charge on any atom is -0.490 e. The maximum absolute atomic E-state index is 13.1. The number of amides is 1. The predicted octanol–water partition coefficient (Wildman–Crippen LogP) is 3.88. The molecule has 1 aromatic heterocycles. The first-order chi connectivity index (χ1) is 15.6. The lowest BCUT2D eigenvalue weighted by atomic mass is 10.1. The van der Waals surface area contributed by atoms with Gasteiger partial charge in [-0.1, -0.05) is 0 Å². The molecule has 0 spiro atoms. The molecule has 7 nitrogen and oxygen atoms in total. The molecule has 2 aromatic carbocycles. The van der Waals surface area contributed by atoms with Gasteiger partial charge in [0, 0.05) is 29.4 Å². The maximum atomic E-state index is 13.1. The smallest absolute Gasteiger partial charge is 0.238 e. The van der Waals surface area contributed by atoms with Gasteiger partial charge in [-0.05, 0) is 68.9 Å². The molecule has 0 atom stereocenters. The lowest BCUT2D eigenvalue weighted by Crippen LogP contribution is -2.31. The Morgan fingerprint density at radius 3 is 2.72 bits per heavy atom. The highest BCUT2D eigenvalue weighted by Crippen LogP contribution is 2.32. The lowest BCUT2D eigenvalue weighted by molar-refractivity contribution is -0.117. The minimum absolute atomic E-state index is 0.0814. The van der Waals surface area contributed by atoms with E-state index < -0.39 is 0 Å². The van der Waals surface area contributed by atoms with Crippen LogP contribution >= 0.6 is 0 Å². The SMILES string of the molecule is CN(CCCc1cc(-c2ccc(F)cc2)n[nH]1)CC(=O)Nc1ccc2c(c1)OCCCO2. The molecular weight excluding hydrogens is 411 g/mol. The Kier molecular flexibility index (Phi) is 7.01. The number of ether oxygens (including phenoxy) is 2. The summed E-state index contributed by atoms with van der Waals surface area (Å²) in [5.74, 6) is 1.02. The summed E-state index contributed by atoms with van der Waals surface area (Å²) < 4.78 is 24.4. The molecule has 0 aliphatic carbocycles. The van der Waals surface area contributed by atoms with Crippen molar-refractivity contribution in [2.45, 2.75) is 19.3 Å². The molecule has 0 bridgehead atoms. The molecule has 2 N–H and O–H groups in total. The summed E-state index contributed by atoms with van der Waals surface area (Å²) >= 11 is 0. The summed E-state index contributed by atoms with van der Waals surface area (Å²) in [4.78, 5) is 14.4. The number of H-pyrrole nitrogens is 1. The van der Waals surface area contributed by atoms with E-state index in [0.29, 0.717) is 30.4 Å². The number of anilines is 1. The second kappa shape index (κ2) is 10.3. The first-order valence-corrected chi connectivity index (χ1v) is 10.7. The fourth-order valence-electron chi connectivity index (χ4n) is 3.56. The maximum Gasteiger partial charge on any atom is 0.238 e. The number of aromatic nitrogens is 2. The second-order valence-corrected chi connectivity index (χ2v) is 7.89. The highest BCUT2D eigenvalue weighted by molar-refractivity contribution is 5.92. The van der Waals surface area contributed by atoms with Crippen LogP contribution in [0.15, 0.2) is 48.5 Å². The standard InChI is InChI=1S/C24H27FN4O3/c1-29(11-2-4-20-14-21(28-27-20)17-5-7-18(25)8-6-17)16-24(30)26-19-9-10-22-23(15-19)32-13-3-12-31-22/h5-10,14-15H,2-4,11-13,16H2,1H3,(H,26,30)(H,27,28). The number of likely N-dealkylation sites (N-methyl/N-ethyl adjacent to an activating group) is 1. The third-order valence-corrected chi connectivity index (χ3v) is 5.20. The van der Waals surface area contributed by atoms with Gasteiger partial charge in [0.05, 0.1) is 25.5 Å². The molecular formula is C24H27FN4O3. The highest BCUT2D eigenvalue weighted by Gasteiger charge is 2.13. The fourth-order valence-corrected chi connectivity index (χ4v) is 3.56. The van der Waals surface area contributed by atoms with E-state index >= 15 is 0 Å². The molecule has 2 heterocycles. The molecule has 1 amide bonds. The van der Waals surface area contributed by atoms with E-state index in [4.69, 9.17) is 9.47 Å². The van der Waals surface area contributed by atoms with E-state index in [1.54, 1.807) is 18.2 Å². The van der Waals surface area contributed by atoms with E-state index in [1.807, 2.05) is 30.1 Å². The average molecular weight is 439 g/mol. The Bertz CT molecular complexity index is 1050. The minimum atomic E-state index is -0.263. The number of hydrogen-bond donors (Lipinski definition) is 2. The highest BCUT2D eigenvalue weighted by atomic mass is 19.1. The number of benzene rings is 2. The van der Waals surface area contributed by atoms with Crippen LogP contribution in [-0.4, -0.2) is 54.4 Å². The van der Waals surface area contributed by atoms with Crippen molar-refractivity contribution in [1.82, 2.24) is 15.1 Å². The molecule has 0 unspecified atom stereocenters. The van der Waals surface area contributed by atoms with Crippen LogP contribution in [0.25, 0.3) is 11.3 Å². The first kappa shape index (κ1) is 21.8. The van der Waals surface area contributed by atoms with E-state index in [2.05, 4.69) is 15.5 Å². The van der Waals surface area contributed by atoms with E-state index in [-0.39, 0.29) is 18.3 Å². The van der Waals surface area contributed by atoms with Gasteiger partial charge in [0.15, 0.2) is 11.5 Å². The summed E-state index contributed by atoms with van der Waals surface area (Å²) in [6, 6.07) is 13.7. The van der Waals surface area contributed by atoms with Crippen molar-refractivity contribution >= 4 is 11.6 Å². The third-order valence-electron chi connectivity index (χ3n) is 5.20. The van der Waals surface area contributed by atoms with Crippen LogP contribution in [0.2, 0.25) is 0 Å². The van der Waals surface area contributed by atoms with E-state index in [0.717, 1.165) is 42.8 Å². The number of hydrogen-bond acceptors (Lipinski definition) is 5. The number of nitrogens with one attached hydrogen (secondary N) is 2. The topological polar surface area (TPSA) is 79.5 Å². The molecule has 0 saturated carbocycles. The Hall–Kier alpha value is -3.39. The van der Waals surface area contributed by atoms with E-state index in [1.165, 1.54) is 12.1 Å². The van der Waals surface area contributed by atoms with Crippen LogP contribution in [0.3, 0.4) is 0 Å². The van der Waals surface area contributed by atoms with Gasteiger partial charge in [-0.25, -0.2) is 4.39 Å². The lowest BCUT2D eigenvalue weighted by Gasteiger charge is -2.16. The van der Waals surface area contributed by atoms with Gasteiger partial charge in [-0.2, -0.15) is 5.10 Å². The summed E-state index contributed by atoms with van der Waals surface area (Å²) in [5, 5.41) is 10.3. The summed E-state index contributed by atoms with van der Waals surface area (Å²) in [6.45, 7) is 2.29. The quantitative estimate of drug-likeness (QED) is 0.558. The molecule has 1 aliphatic rings. The van der Waals surface area contributed by atoms with Crippen molar-refractivity contribution < 1.29 is 18.7 Å². The third kappa shape index (κ3) is 5.85. The van der Waals surface area contributed by atoms with Crippen LogP contribution in [0.4, 0.5) is 10.1 Å². The van der Waals surface area contributed by atoms with Crippen LogP contribution in [0.1, 0.15) is 18.5 Å². The number of carbonyl (C=O) groups is 1. The molecule has 0 radical (unpaired) electrons. The number of aryl methyl sites for hydroxylation is 1. The van der Waals surface area contributed by atoms with Crippen molar-refractivity contribution in [3.05, 3.63) is 60.0 Å². The molecule has 8 heteroatoms. The predicted molar refractivity (Wildman–Crippen MR) is 120 cm³/mol. The zero-order valence-electron chi connectivity index (χ0n) is 18.1. The van der Waals surface area contributed by atoms with Crippen molar-refractivity contribution in [3.8, 4) is 22.8 Å². The Balaban J connectivity index is 1.21. The second-order valence-electron chi connectivity index (χ2n) is 7.89.